The number of aromatic nitrogens is 1. The van der Waals surface area contributed by atoms with Gasteiger partial charge >= 0.3 is 0 Å². The number of nitrogens with zero attached hydrogens (tertiary/aromatic N) is 1. The predicted octanol–water partition coefficient (Wildman–Crippen LogP) is 1.47. The van der Waals surface area contributed by atoms with Crippen LogP contribution in [0.5, 0.6) is 0 Å². The van der Waals surface area contributed by atoms with Crippen molar-refractivity contribution < 1.29 is 4.79 Å². The van der Waals surface area contributed by atoms with E-state index in [1.54, 1.807) is 12.4 Å². The number of carbonyl (C=O) groups is 1. The Balaban J connectivity index is 0. The quantitative estimate of drug-likeness (QED) is 0.620. The lowest BCUT2D eigenvalue weighted by Gasteiger charge is -1.70. The van der Waals surface area contributed by atoms with Gasteiger partial charge in [-0.25, -0.2) is 0 Å². The van der Waals surface area contributed by atoms with Crippen LogP contribution in [0.2, 0.25) is 0 Å². The van der Waals surface area contributed by atoms with Crippen molar-refractivity contribution in [2.24, 2.45) is 0 Å². The molecule has 0 radical (unpaired) electrons. The van der Waals surface area contributed by atoms with E-state index in [4.69, 9.17) is 4.79 Å². The summed E-state index contributed by atoms with van der Waals surface area (Å²) in [6.45, 7) is 2.00. The zero-order valence-electron chi connectivity index (χ0n) is 4.86. The summed E-state index contributed by atoms with van der Waals surface area (Å²) in [6, 6.07) is 5.72. The summed E-state index contributed by atoms with van der Waals surface area (Å²) in [7, 11) is 0. The maximum atomic E-state index is 8.00. The Hall–Kier alpha value is -0.700. The van der Waals surface area contributed by atoms with Crippen LogP contribution in [-0.4, -0.2) is 11.8 Å². The van der Waals surface area contributed by atoms with Gasteiger partial charge in [-0.05, 0) is 12.1 Å². The Kier molecular flexibility index (Phi) is 12.8. The van der Waals surface area contributed by atoms with E-state index in [0.717, 1.165) is 0 Å². The van der Waals surface area contributed by atoms with Crippen molar-refractivity contribution in [1.82, 2.24) is 4.98 Å². The zero-order valence-corrected chi connectivity index (χ0v) is 6.57. The fourth-order valence-corrected chi connectivity index (χ4v) is 0.313. The van der Waals surface area contributed by atoms with E-state index < -0.39 is 0 Å². The Bertz CT molecular complexity index is 95.9. The summed E-state index contributed by atoms with van der Waals surface area (Å²) in [4.78, 5) is 11.8. The minimum Gasteiger partial charge on any atom is -0.307 e. The second-order valence-corrected chi connectivity index (χ2v) is 1.02. The molecule has 1 heterocycles. The molecular formula is C6H8BrNO. The van der Waals surface area contributed by atoms with Crippen molar-refractivity contribution in [1.29, 1.82) is 0 Å². The van der Waals surface area contributed by atoms with Crippen LogP contribution in [0.4, 0.5) is 0 Å². The first-order valence-electron chi connectivity index (χ1n) is 2.14. The van der Waals surface area contributed by atoms with E-state index in [-0.39, 0.29) is 17.0 Å². The van der Waals surface area contributed by atoms with Crippen molar-refractivity contribution in [2.75, 3.05) is 0 Å². The third-order valence-corrected chi connectivity index (χ3v) is 0.566. The molecule has 0 unspecified atom stereocenters. The minimum atomic E-state index is 0. The van der Waals surface area contributed by atoms with Gasteiger partial charge in [-0.1, -0.05) is 6.07 Å². The van der Waals surface area contributed by atoms with Crippen LogP contribution in [0.3, 0.4) is 0 Å². The number of hydrogen-bond donors (Lipinski definition) is 0. The molecule has 9 heavy (non-hydrogen) atoms. The Labute approximate surface area is 64.7 Å². The van der Waals surface area contributed by atoms with E-state index in [1.807, 2.05) is 25.0 Å². The lowest BCUT2D eigenvalue weighted by atomic mass is 10.5. The van der Waals surface area contributed by atoms with Crippen molar-refractivity contribution in [3.05, 3.63) is 30.6 Å². The first-order valence-corrected chi connectivity index (χ1v) is 2.14. The van der Waals surface area contributed by atoms with Gasteiger partial charge in [0, 0.05) is 12.4 Å². The van der Waals surface area contributed by atoms with Gasteiger partial charge in [0.15, 0.2) is 0 Å². The molecular weight excluding hydrogens is 182 g/mol. The lowest BCUT2D eigenvalue weighted by molar-refractivity contribution is -0.0979. The first kappa shape index (κ1) is 11.1. The van der Waals surface area contributed by atoms with E-state index in [9.17, 15) is 0 Å². The van der Waals surface area contributed by atoms with Gasteiger partial charge in [-0.15, -0.1) is 17.0 Å². The summed E-state index contributed by atoms with van der Waals surface area (Å²) >= 11 is 0. The average Bonchev–Trinajstić information content (AvgIpc) is 1.96. The van der Waals surface area contributed by atoms with Crippen molar-refractivity contribution >= 4 is 23.8 Å². The number of halogens is 1. The van der Waals surface area contributed by atoms with Gasteiger partial charge < -0.3 is 4.79 Å². The Morgan fingerprint density at radius 1 is 1.00 bits per heavy atom. The average molecular weight is 190 g/mol. The molecule has 2 nitrogen and oxygen atoms in total. The van der Waals surface area contributed by atoms with Crippen LogP contribution in [0.25, 0.3) is 0 Å². The molecule has 0 bridgehead atoms. The first-order chi connectivity index (χ1) is 4.00. The van der Waals surface area contributed by atoms with E-state index in [0.29, 0.717) is 0 Å². The van der Waals surface area contributed by atoms with E-state index >= 15 is 0 Å². The van der Waals surface area contributed by atoms with Gasteiger partial charge in [0.2, 0.25) is 0 Å². The van der Waals surface area contributed by atoms with Crippen LogP contribution in [-0.2, 0) is 4.79 Å². The van der Waals surface area contributed by atoms with Crippen molar-refractivity contribution in [2.45, 2.75) is 0 Å². The monoisotopic (exact) mass is 189 g/mol. The molecule has 1 rings (SSSR count). The molecule has 0 N–H and O–H groups in total. The molecule has 0 aliphatic heterocycles. The third kappa shape index (κ3) is 7.30. The molecule has 1 aromatic rings. The fraction of sp³-hybridized carbons (Fsp3) is 0. The molecule has 0 saturated heterocycles. The van der Waals surface area contributed by atoms with Crippen molar-refractivity contribution in [3.63, 3.8) is 0 Å². The smallest absolute Gasteiger partial charge is 0.106 e. The lowest BCUT2D eigenvalue weighted by Crippen LogP contribution is -1.58. The maximum absolute atomic E-state index is 8.00. The Morgan fingerprint density at radius 2 is 1.44 bits per heavy atom. The molecule has 50 valence electrons. The number of hydrogen-bond acceptors (Lipinski definition) is 2. The number of pyridine rings is 1. The van der Waals surface area contributed by atoms with Gasteiger partial charge in [0.05, 0.1) is 0 Å². The third-order valence-electron chi connectivity index (χ3n) is 0.566. The predicted molar refractivity (Wildman–Crippen MR) is 41.7 cm³/mol. The largest absolute Gasteiger partial charge is 0.307 e. The van der Waals surface area contributed by atoms with Gasteiger partial charge in [0.1, 0.15) is 6.79 Å². The Morgan fingerprint density at radius 3 is 1.56 bits per heavy atom. The SMILES string of the molecule is Br.C=O.c1ccncc1. The van der Waals surface area contributed by atoms with Crippen LogP contribution >= 0.6 is 17.0 Å². The maximum Gasteiger partial charge on any atom is 0.106 e. The molecule has 0 spiro atoms. The second kappa shape index (κ2) is 10.3. The van der Waals surface area contributed by atoms with Gasteiger partial charge in [0.25, 0.3) is 0 Å². The highest BCUT2D eigenvalue weighted by Crippen LogP contribution is 1.73. The molecule has 0 fully saturated rings. The molecule has 3 heteroatoms. The van der Waals surface area contributed by atoms with E-state index in [2.05, 4.69) is 4.98 Å². The summed E-state index contributed by atoms with van der Waals surface area (Å²) < 4.78 is 0. The van der Waals surface area contributed by atoms with Crippen LogP contribution in [0.15, 0.2) is 30.6 Å². The van der Waals surface area contributed by atoms with Crippen molar-refractivity contribution in [3.8, 4) is 0 Å². The van der Waals surface area contributed by atoms with Crippen LogP contribution < -0.4 is 0 Å². The molecule has 0 amide bonds. The standard InChI is InChI=1S/C5H5N.CH2O.BrH/c1-2-4-6-5-3-1;1-2;/h1-5H;1H2;1H. The second-order valence-electron chi connectivity index (χ2n) is 1.02. The van der Waals surface area contributed by atoms with E-state index in [1.165, 1.54) is 0 Å². The number of carbonyl (C=O) groups excluding carboxylic acids is 1. The molecule has 0 aliphatic carbocycles. The van der Waals surface area contributed by atoms with Gasteiger partial charge in [-0.3, -0.25) is 4.98 Å². The molecule has 0 aromatic carbocycles. The number of rotatable bonds is 0. The molecule has 0 atom stereocenters. The molecule has 0 saturated carbocycles. The van der Waals surface area contributed by atoms with Crippen LogP contribution in [0, 0.1) is 0 Å². The highest BCUT2D eigenvalue weighted by Gasteiger charge is 1.58. The summed E-state index contributed by atoms with van der Waals surface area (Å²) in [5, 5.41) is 0. The zero-order chi connectivity index (χ0) is 6.24. The summed E-state index contributed by atoms with van der Waals surface area (Å²) in [5.74, 6) is 0. The highest BCUT2D eigenvalue weighted by molar-refractivity contribution is 8.93. The highest BCUT2D eigenvalue weighted by atomic mass is 79.9. The molecule has 1 aromatic heterocycles. The minimum absolute atomic E-state index is 0. The van der Waals surface area contributed by atoms with Gasteiger partial charge in [-0.2, -0.15) is 0 Å². The fourth-order valence-electron chi connectivity index (χ4n) is 0.313. The summed E-state index contributed by atoms with van der Waals surface area (Å²) in [6.07, 6.45) is 3.50. The summed E-state index contributed by atoms with van der Waals surface area (Å²) in [5.41, 5.74) is 0. The van der Waals surface area contributed by atoms with Crippen LogP contribution in [0.1, 0.15) is 0 Å². The normalized spacial score (nSPS) is 5.78. The molecule has 0 aliphatic rings. The topological polar surface area (TPSA) is 30.0 Å².